The monoisotopic (exact) mass is 341 g/mol. The first-order valence-electron chi connectivity index (χ1n) is 9.20. The number of aromatic nitrogens is 2. The second-order valence-electron chi connectivity index (χ2n) is 6.90. The van der Waals surface area contributed by atoms with Gasteiger partial charge in [-0.3, -0.25) is 9.48 Å². The summed E-state index contributed by atoms with van der Waals surface area (Å²) in [5.41, 5.74) is 1.57. The Kier molecular flexibility index (Phi) is 5.87. The van der Waals surface area contributed by atoms with E-state index >= 15 is 0 Å². The number of benzene rings is 1. The van der Waals surface area contributed by atoms with Crippen molar-refractivity contribution in [3.8, 4) is 0 Å². The van der Waals surface area contributed by atoms with Crippen LogP contribution in [0.1, 0.15) is 61.1 Å². The molecule has 0 radical (unpaired) electrons. The second-order valence-corrected chi connectivity index (χ2v) is 6.90. The summed E-state index contributed by atoms with van der Waals surface area (Å²) in [6, 6.07) is 12.2. The van der Waals surface area contributed by atoms with Crippen molar-refractivity contribution in [2.75, 3.05) is 6.61 Å². The van der Waals surface area contributed by atoms with Gasteiger partial charge in [0.1, 0.15) is 5.69 Å². The van der Waals surface area contributed by atoms with Crippen LogP contribution in [0.15, 0.2) is 42.6 Å². The van der Waals surface area contributed by atoms with E-state index in [-0.39, 0.29) is 18.6 Å². The number of nitrogens with zero attached hydrogens (tertiary/aromatic N) is 3. The number of aliphatic hydroxyl groups is 1. The number of hydrogen-bond acceptors (Lipinski definition) is 3. The van der Waals surface area contributed by atoms with Crippen molar-refractivity contribution < 1.29 is 9.90 Å². The van der Waals surface area contributed by atoms with Gasteiger partial charge in [-0.1, -0.05) is 43.2 Å². The lowest BCUT2D eigenvalue weighted by molar-refractivity contribution is 0.0641. The van der Waals surface area contributed by atoms with Crippen LogP contribution in [-0.4, -0.2) is 38.3 Å². The van der Waals surface area contributed by atoms with Crippen molar-refractivity contribution in [1.82, 2.24) is 14.7 Å². The summed E-state index contributed by atoms with van der Waals surface area (Å²) < 4.78 is 1.96. The summed E-state index contributed by atoms with van der Waals surface area (Å²) in [5.74, 6) is -0.0680. The lowest BCUT2D eigenvalue weighted by Crippen LogP contribution is -2.39. The van der Waals surface area contributed by atoms with Gasteiger partial charge in [-0.2, -0.15) is 5.10 Å². The molecule has 0 spiro atoms. The standard InChI is InChI=1S/C20H27N3O2/c1-16(12-14-24)22(15-17-7-3-2-4-8-17)20(25)19-11-13-23(21-19)18-9-5-6-10-18/h2-4,7-8,11,13,16,18,24H,5-6,9-10,12,14-15H2,1H3. The summed E-state index contributed by atoms with van der Waals surface area (Å²) in [5, 5.41) is 13.9. The van der Waals surface area contributed by atoms with Crippen LogP contribution in [0.5, 0.6) is 0 Å². The smallest absolute Gasteiger partial charge is 0.274 e. The molecule has 134 valence electrons. The highest BCUT2D eigenvalue weighted by Gasteiger charge is 2.25. The van der Waals surface area contributed by atoms with E-state index in [9.17, 15) is 9.90 Å². The van der Waals surface area contributed by atoms with Crippen molar-refractivity contribution in [3.05, 3.63) is 53.9 Å². The van der Waals surface area contributed by atoms with Gasteiger partial charge < -0.3 is 10.0 Å². The Morgan fingerprint density at radius 2 is 2.00 bits per heavy atom. The van der Waals surface area contributed by atoms with Crippen molar-refractivity contribution in [3.63, 3.8) is 0 Å². The lowest BCUT2D eigenvalue weighted by Gasteiger charge is -2.28. The molecule has 1 heterocycles. The fraction of sp³-hybridized carbons (Fsp3) is 0.500. The van der Waals surface area contributed by atoms with Gasteiger partial charge >= 0.3 is 0 Å². The topological polar surface area (TPSA) is 58.4 Å². The number of hydrogen-bond donors (Lipinski definition) is 1. The Balaban J connectivity index is 1.78. The van der Waals surface area contributed by atoms with Crippen LogP contribution in [0, 0.1) is 0 Å². The molecular formula is C20H27N3O2. The maximum Gasteiger partial charge on any atom is 0.274 e. The molecule has 0 saturated heterocycles. The molecular weight excluding hydrogens is 314 g/mol. The predicted molar refractivity (Wildman–Crippen MR) is 97.2 cm³/mol. The number of rotatable bonds is 7. The molecule has 1 aromatic carbocycles. The maximum atomic E-state index is 13.1. The molecule has 1 aromatic heterocycles. The van der Waals surface area contributed by atoms with Crippen LogP contribution < -0.4 is 0 Å². The first kappa shape index (κ1) is 17.7. The van der Waals surface area contributed by atoms with E-state index in [4.69, 9.17) is 0 Å². The van der Waals surface area contributed by atoms with E-state index in [1.165, 1.54) is 12.8 Å². The minimum Gasteiger partial charge on any atom is -0.396 e. The van der Waals surface area contributed by atoms with E-state index in [2.05, 4.69) is 5.10 Å². The number of amides is 1. The molecule has 3 rings (SSSR count). The highest BCUT2D eigenvalue weighted by Crippen LogP contribution is 2.29. The molecule has 1 amide bonds. The Bertz CT molecular complexity index is 677. The molecule has 5 nitrogen and oxygen atoms in total. The van der Waals surface area contributed by atoms with Gasteiger partial charge in [0.15, 0.2) is 0 Å². The van der Waals surface area contributed by atoms with E-state index in [0.29, 0.717) is 24.7 Å². The summed E-state index contributed by atoms with van der Waals surface area (Å²) in [6.07, 6.45) is 7.25. The average Bonchev–Trinajstić information content (AvgIpc) is 3.31. The Morgan fingerprint density at radius 1 is 1.28 bits per heavy atom. The second kappa shape index (κ2) is 8.30. The lowest BCUT2D eigenvalue weighted by atomic mass is 10.1. The third-order valence-corrected chi connectivity index (χ3v) is 5.06. The van der Waals surface area contributed by atoms with Crippen LogP contribution in [-0.2, 0) is 6.54 Å². The third kappa shape index (κ3) is 4.28. The molecule has 5 heteroatoms. The van der Waals surface area contributed by atoms with Crippen LogP contribution in [0.4, 0.5) is 0 Å². The van der Waals surface area contributed by atoms with Crippen molar-refractivity contribution in [2.45, 2.75) is 57.7 Å². The molecule has 1 N–H and O–H groups in total. The van der Waals surface area contributed by atoms with Crippen molar-refractivity contribution in [1.29, 1.82) is 0 Å². The third-order valence-electron chi connectivity index (χ3n) is 5.06. The van der Waals surface area contributed by atoms with E-state index < -0.39 is 0 Å². The zero-order valence-corrected chi connectivity index (χ0v) is 14.8. The fourth-order valence-electron chi connectivity index (χ4n) is 3.52. The van der Waals surface area contributed by atoms with Crippen LogP contribution in [0.2, 0.25) is 0 Å². The summed E-state index contributed by atoms with van der Waals surface area (Å²) >= 11 is 0. The van der Waals surface area contributed by atoms with Gasteiger partial charge in [0.25, 0.3) is 5.91 Å². The van der Waals surface area contributed by atoms with E-state index in [1.807, 2.05) is 59.1 Å². The highest BCUT2D eigenvalue weighted by atomic mass is 16.3. The predicted octanol–water partition coefficient (Wildman–Crippen LogP) is 3.41. The number of aliphatic hydroxyl groups excluding tert-OH is 1. The minimum absolute atomic E-state index is 0.0469. The van der Waals surface area contributed by atoms with Crippen LogP contribution in [0.3, 0.4) is 0 Å². The maximum absolute atomic E-state index is 13.1. The molecule has 25 heavy (non-hydrogen) atoms. The van der Waals surface area contributed by atoms with Crippen LogP contribution >= 0.6 is 0 Å². The van der Waals surface area contributed by atoms with Crippen LogP contribution in [0.25, 0.3) is 0 Å². The molecule has 1 atom stereocenters. The SMILES string of the molecule is CC(CCO)N(Cc1ccccc1)C(=O)c1ccn(C2CCCC2)n1. The highest BCUT2D eigenvalue weighted by molar-refractivity contribution is 5.92. The molecule has 0 aliphatic heterocycles. The summed E-state index contributed by atoms with van der Waals surface area (Å²) in [6.45, 7) is 2.57. The van der Waals surface area contributed by atoms with Gasteiger partial charge in [0.2, 0.25) is 0 Å². The molecule has 0 bridgehead atoms. The molecule has 1 fully saturated rings. The van der Waals surface area contributed by atoms with E-state index in [1.54, 1.807) is 0 Å². The first-order valence-corrected chi connectivity index (χ1v) is 9.20. The molecule has 1 saturated carbocycles. The summed E-state index contributed by atoms with van der Waals surface area (Å²) in [7, 11) is 0. The van der Waals surface area contributed by atoms with Gasteiger partial charge in [-0.05, 0) is 37.8 Å². The molecule has 1 aliphatic rings. The zero-order chi connectivity index (χ0) is 17.6. The quantitative estimate of drug-likeness (QED) is 0.839. The van der Waals surface area contributed by atoms with E-state index in [0.717, 1.165) is 18.4 Å². The molecule has 1 aliphatic carbocycles. The van der Waals surface area contributed by atoms with Gasteiger partial charge in [-0.25, -0.2) is 0 Å². The summed E-state index contributed by atoms with van der Waals surface area (Å²) in [4.78, 5) is 14.9. The largest absolute Gasteiger partial charge is 0.396 e. The minimum atomic E-state index is -0.0680. The zero-order valence-electron chi connectivity index (χ0n) is 14.8. The Morgan fingerprint density at radius 3 is 2.68 bits per heavy atom. The molecule has 2 aromatic rings. The molecule has 1 unspecified atom stereocenters. The normalized spacial score (nSPS) is 16.1. The van der Waals surface area contributed by atoms with Gasteiger partial charge in [0, 0.05) is 25.4 Å². The van der Waals surface area contributed by atoms with Crippen molar-refractivity contribution >= 4 is 5.91 Å². The Labute approximate surface area is 149 Å². The first-order chi connectivity index (χ1) is 12.2. The Hall–Kier alpha value is -2.14. The van der Waals surface area contributed by atoms with Gasteiger partial charge in [0.05, 0.1) is 6.04 Å². The average molecular weight is 341 g/mol. The number of carbonyl (C=O) groups is 1. The number of carbonyl (C=O) groups excluding carboxylic acids is 1. The fourth-order valence-corrected chi connectivity index (χ4v) is 3.52. The van der Waals surface area contributed by atoms with Gasteiger partial charge in [-0.15, -0.1) is 0 Å². The van der Waals surface area contributed by atoms with Crippen molar-refractivity contribution in [2.24, 2.45) is 0 Å².